The number of benzene rings is 1. The van der Waals surface area contributed by atoms with Crippen LogP contribution in [0.25, 0.3) is 0 Å². The van der Waals surface area contributed by atoms with E-state index in [0.717, 1.165) is 24.6 Å². The predicted octanol–water partition coefficient (Wildman–Crippen LogP) is 2.06. The van der Waals surface area contributed by atoms with Crippen LogP contribution < -0.4 is 10.6 Å². The van der Waals surface area contributed by atoms with E-state index < -0.39 is 0 Å². The van der Waals surface area contributed by atoms with Crippen LogP contribution in [0, 0.1) is 11.3 Å². The van der Waals surface area contributed by atoms with E-state index in [1.807, 2.05) is 18.2 Å². The average molecular weight is 236 g/mol. The van der Waals surface area contributed by atoms with Gasteiger partial charge in [-0.2, -0.15) is 5.26 Å². The highest BCUT2D eigenvalue weighted by Crippen LogP contribution is 2.28. The topological polar surface area (TPSA) is 65.9 Å². The van der Waals surface area contributed by atoms with Crippen LogP contribution in [0.3, 0.4) is 0 Å². The van der Waals surface area contributed by atoms with Crippen LogP contribution in [0.15, 0.2) is 36.5 Å². The number of anilines is 2. The van der Waals surface area contributed by atoms with Crippen molar-refractivity contribution in [1.82, 2.24) is 4.98 Å². The average Bonchev–Trinajstić information content (AvgIpc) is 2.81. The molecule has 1 aliphatic rings. The van der Waals surface area contributed by atoms with Crippen LogP contribution in [-0.4, -0.2) is 4.98 Å². The maximum absolute atomic E-state index is 8.90. The molecule has 2 N–H and O–H groups in total. The molecule has 0 radical (unpaired) electrons. The molecule has 1 aliphatic heterocycles. The second-order valence-electron chi connectivity index (χ2n) is 4.40. The van der Waals surface area contributed by atoms with E-state index in [4.69, 9.17) is 11.0 Å². The summed E-state index contributed by atoms with van der Waals surface area (Å²) in [6.45, 7) is 1.61. The zero-order valence-electron chi connectivity index (χ0n) is 9.80. The number of aromatic nitrogens is 1. The molecule has 2 aromatic rings. The van der Waals surface area contributed by atoms with Crippen molar-refractivity contribution in [3.63, 3.8) is 0 Å². The van der Waals surface area contributed by atoms with Gasteiger partial charge in [-0.25, -0.2) is 4.98 Å². The van der Waals surface area contributed by atoms with Crippen LogP contribution >= 0.6 is 0 Å². The Kier molecular flexibility index (Phi) is 2.38. The van der Waals surface area contributed by atoms with Gasteiger partial charge >= 0.3 is 0 Å². The molecule has 88 valence electrons. The largest absolute Gasteiger partial charge is 0.399 e. The number of nitrogens with zero attached hydrogens (tertiary/aromatic N) is 3. The van der Waals surface area contributed by atoms with Crippen molar-refractivity contribution in [3.05, 3.63) is 53.2 Å². The first kappa shape index (κ1) is 10.6. The third-order valence-corrected chi connectivity index (χ3v) is 3.15. The normalized spacial score (nSPS) is 13.2. The summed E-state index contributed by atoms with van der Waals surface area (Å²) < 4.78 is 0. The highest BCUT2D eigenvalue weighted by Gasteiger charge is 2.20. The number of nitriles is 1. The molecule has 4 heteroatoms. The smallest absolute Gasteiger partial charge is 0.130 e. The molecule has 4 nitrogen and oxygen atoms in total. The predicted molar refractivity (Wildman–Crippen MR) is 69.7 cm³/mol. The van der Waals surface area contributed by atoms with Gasteiger partial charge in [-0.1, -0.05) is 6.07 Å². The second kappa shape index (κ2) is 4.04. The van der Waals surface area contributed by atoms with Gasteiger partial charge in [-0.05, 0) is 35.4 Å². The molecule has 0 fully saturated rings. The molecule has 0 aliphatic carbocycles. The maximum Gasteiger partial charge on any atom is 0.130 e. The fraction of sp³-hybridized carbons (Fsp3) is 0.143. The zero-order chi connectivity index (χ0) is 12.5. The van der Waals surface area contributed by atoms with Gasteiger partial charge < -0.3 is 10.6 Å². The van der Waals surface area contributed by atoms with Crippen LogP contribution in [-0.2, 0) is 13.1 Å². The summed E-state index contributed by atoms with van der Waals surface area (Å²) in [7, 11) is 0. The Morgan fingerprint density at radius 3 is 2.83 bits per heavy atom. The number of hydrogen-bond donors (Lipinski definition) is 1. The summed E-state index contributed by atoms with van der Waals surface area (Å²) in [4.78, 5) is 6.46. The van der Waals surface area contributed by atoms with Gasteiger partial charge in [0.2, 0.25) is 0 Å². The van der Waals surface area contributed by atoms with E-state index in [-0.39, 0.29) is 0 Å². The summed E-state index contributed by atoms with van der Waals surface area (Å²) >= 11 is 0. The number of rotatable bonds is 1. The summed E-state index contributed by atoms with van der Waals surface area (Å²) in [6, 6.07) is 11.6. The highest BCUT2D eigenvalue weighted by atomic mass is 15.2. The summed E-state index contributed by atoms with van der Waals surface area (Å²) in [6.07, 6.45) is 1.67. The van der Waals surface area contributed by atoms with Crippen LogP contribution in [0.1, 0.15) is 16.7 Å². The Balaban J connectivity index is 1.91. The van der Waals surface area contributed by atoms with Crippen molar-refractivity contribution in [1.29, 1.82) is 5.26 Å². The van der Waals surface area contributed by atoms with E-state index in [0.29, 0.717) is 5.56 Å². The molecule has 0 atom stereocenters. The van der Waals surface area contributed by atoms with E-state index in [2.05, 4.69) is 22.0 Å². The molecule has 0 bridgehead atoms. The summed E-state index contributed by atoms with van der Waals surface area (Å²) in [5.41, 5.74) is 9.71. The summed E-state index contributed by atoms with van der Waals surface area (Å²) in [5.74, 6) is 0.837. The minimum absolute atomic E-state index is 0.635. The Morgan fingerprint density at radius 2 is 2.00 bits per heavy atom. The van der Waals surface area contributed by atoms with Crippen LogP contribution in [0.2, 0.25) is 0 Å². The molecule has 0 amide bonds. The lowest BCUT2D eigenvalue weighted by molar-refractivity contribution is 0.856. The molecular formula is C14H12N4. The summed E-state index contributed by atoms with van der Waals surface area (Å²) in [5, 5.41) is 8.90. The lowest BCUT2D eigenvalue weighted by atomic mass is 10.1. The monoisotopic (exact) mass is 236 g/mol. The van der Waals surface area contributed by atoms with Crippen molar-refractivity contribution in [2.45, 2.75) is 13.1 Å². The Labute approximate surface area is 105 Å². The van der Waals surface area contributed by atoms with Gasteiger partial charge in [0.05, 0.1) is 11.6 Å². The number of pyridine rings is 1. The van der Waals surface area contributed by atoms with Gasteiger partial charge in [-0.3, -0.25) is 0 Å². The van der Waals surface area contributed by atoms with Gasteiger partial charge in [0, 0.05) is 25.0 Å². The van der Waals surface area contributed by atoms with E-state index in [9.17, 15) is 0 Å². The minimum Gasteiger partial charge on any atom is -0.399 e. The van der Waals surface area contributed by atoms with Crippen molar-refractivity contribution in [2.75, 3.05) is 10.6 Å². The van der Waals surface area contributed by atoms with E-state index in [1.165, 1.54) is 11.1 Å². The first-order chi connectivity index (χ1) is 8.76. The zero-order valence-corrected chi connectivity index (χ0v) is 9.80. The molecule has 0 spiro atoms. The standard InChI is InChI=1S/C14H12N4/c15-7-10-3-4-17-14(5-10)18-8-11-1-2-13(16)6-12(11)9-18/h1-6H,8-9,16H2. The van der Waals surface area contributed by atoms with Crippen molar-refractivity contribution < 1.29 is 0 Å². The number of fused-ring (bicyclic) bond motifs is 1. The Bertz CT molecular complexity index is 642. The number of hydrogen-bond acceptors (Lipinski definition) is 4. The Morgan fingerprint density at radius 1 is 1.17 bits per heavy atom. The second-order valence-corrected chi connectivity index (χ2v) is 4.40. The number of nitrogens with two attached hydrogens (primary N) is 1. The maximum atomic E-state index is 8.90. The van der Waals surface area contributed by atoms with Crippen molar-refractivity contribution in [3.8, 4) is 6.07 Å². The quantitative estimate of drug-likeness (QED) is 0.769. The third-order valence-electron chi connectivity index (χ3n) is 3.15. The SMILES string of the molecule is N#Cc1ccnc(N2Cc3ccc(N)cc3C2)c1. The lowest BCUT2D eigenvalue weighted by Gasteiger charge is -2.16. The van der Waals surface area contributed by atoms with Crippen LogP contribution in [0.4, 0.5) is 11.5 Å². The lowest BCUT2D eigenvalue weighted by Crippen LogP contribution is -2.15. The van der Waals surface area contributed by atoms with Gasteiger partial charge in [0.1, 0.15) is 5.82 Å². The molecule has 3 rings (SSSR count). The molecule has 0 unspecified atom stereocenters. The van der Waals surface area contributed by atoms with Crippen LogP contribution in [0.5, 0.6) is 0 Å². The van der Waals surface area contributed by atoms with Crippen molar-refractivity contribution in [2.24, 2.45) is 0 Å². The first-order valence-corrected chi connectivity index (χ1v) is 5.74. The highest BCUT2D eigenvalue weighted by molar-refractivity contribution is 5.53. The fourth-order valence-electron chi connectivity index (χ4n) is 2.24. The first-order valence-electron chi connectivity index (χ1n) is 5.74. The molecule has 1 aromatic heterocycles. The minimum atomic E-state index is 0.635. The molecule has 18 heavy (non-hydrogen) atoms. The molecule has 0 saturated heterocycles. The van der Waals surface area contributed by atoms with Gasteiger partial charge in [0.15, 0.2) is 0 Å². The third kappa shape index (κ3) is 1.76. The van der Waals surface area contributed by atoms with Crippen molar-refractivity contribution >= 4 is 11.5 Å². The Hall–Kier alpha value is -2.54. The van der Waals surface area contributed by atoms with E-state index in [1.54, 1.807) is 12.3 Å². The molecule has 0 saturated carbocycles. The molecule has 1 aromatic carbocycles. The molecular weight excluding hydrogens is 224 g/mol. The molecule has 2 heterocycles. The van der Waals surface area contributed by atoms with Gasteiger partial charge in [0.25, 0.3) is 0 Å². The van der Waals surface area contributed by atoms with Gasteiger partial charge in [-0.15, -0.1) is 0 Å². The number of nitrogen functional groups attached to an aromatic ring is 1. The fourth-order valence-corrected chi connectivity index (χ4v) is 2.24. The van der Waals surface area contributed by atoms with E-state index >= 15 is 0 Å².